The lowest BCUT2D eigenvalue weighted by Crippen LogP contribution is -2.29. The van der Waals surface area contributed by atoms with Gasteiger partial charge in [0.1, 0.15) is 10.7 Å². The normalized spacial score (nSPS) is 10.8. The fourth-order valence-corrected chi connectivity index (χ4v) is 2.28. The van der Waals surface area contributed by atoms with E-state index in [9.17, 15) is 22.0 Å². The first kappa shape index (κ1) is 17.1. The summed E-state index contributed by atoms with van der Waals surface area (Å²) in [5, 5.41) is 10.6. The maximum absolute atomic E-state index is 13.5. The fourth-order valence-electron chi connectivity index (χ4n) is 1.30. The van der Waals surface area contributed by atoms with Gasteiger partial charge >= 0.3 is 0 Å². The molecule has 6 nitrogen and oxygen atoms in total. The summed E-state index contributed by atoms with van der Waals surface area (Å²) in [4.78, 5) is 10.4. The molecule has 0 aliphatic rings. The largest absolute Gasteiger partial charge is 0.479 e. The van der Waals surface area contributed by atoms with Crippen molar-refractivity contribution in [3.63, 3.8) is 0 Å². The third kappa shape index (κ3) is 5.17. The average Bonchev–Trinajstić information content (AvgIpc) is 2.36. The van der Waals surface area contributed by atoms with Gasteiger partial charge < -0.3 is 10.1 Å². The molecule has 1 aromatic rings. The smallest absolute Gasteiger partial charge is 0.265 e. The zero-order chi connectivity index (χ0) is 16.0. The number of halogens is 3. The van der Waals surface area contributed by atoms with Gasteiger partial charge in [-0.15, -0.1) is 0 Å². The zero-order valence-electron chi connectivity index (χ0n) is 10.4. The van der Waals surface area contributed by atoms with Crippen LogP contribution in [-0.4, -0.2) is 27.5 Å². The minimum atomic E-state index is -4.45. The van der Waals surface area contributed by atoms with Crippen molar-refractivity contribution in [1.82, 2.24) is 5.32 Å². The van der Waals surface area contributed by atoms with Crippen molar-refractivity contribution in [1.29, 1.82) is 5.26 Å². The van der Waals surface area contributed by atoms with E-state index >= 15 is 0 Å². The predicted octanol–water partition coefficient (Wildman–Crippen LogP) is 1.30. The molecule has 1 aromatic carbocycles. The topological polar surface area (TPSA) is 96.3 Å². The van der Waals surface area contributed by atoms with E-state index in [2.05, 4.69) is 5.32 Å². The van der Waals surface area contributed by atoms with Gasteiger partial charge in [-0.25, -0.2) is 17.2 Å². The van der Waals surface area contributed by atoms with Crippen LogP contribution in [0.25, 0.3) is 0 Å². The van der Waals surface area contributed by atoms with Crippen molar-refractivity contribution in [3.05, 3.63) is 23.8 Å². The van der Waals surface area contributed by atoms with E-state index in [1.54, 1.807) is 6.07 Å². The predicted molar refractivity (Wildman–Crippen MR) is 68.1 cm³/mol. The molecule has 10 heteroatoms. The number of ether oxygens (including phenoxy) is 1. The summed E-state index contributed by atoms with van der Waals surface area (Å²) in [5.74, 6) is -4.01. The molecule has 0 atom stereocenters. The van der Waals surface area contributed by atoms with E-state index in [4.69, 9.17) is 20.7 Å². The minimum Gasteiger partial charge on any atom is -0.479 e. The molecule has 21 heavy (non-hydrogen) atoms. The number of benzene rings is 1. The van der Waals surface area contributed by atoms with Crippen molar-refractivity contribution < 1.29 is 26.7 Å². The first-order valence-electron chi connectivity index (χ1n) is 5.46. The Kier molecular flexibility index (Phi) is 5.87. The van der Waals surface area contributed by atoms with Gasteiger partial charge in [0, 0.05) is 23.3 Å². The average molecular weight is 339 g/mol. The Bertz CT molecular complexity index is 688. The van der Waals surface area contributed by atoms with Crippen molar-refractivity contribution in [2.45, 2.75) is 11.3 Å². The van der Waals surface area contributed by atoms with Crippen LogP contribution in [0, 0.1) is 23.0 Å². The molecule has 0 bridgehead atoms. The van der Waals surface area contributed by atoms with Crippen molar-refractivity contribution in [2.24, 2.45) is 0 Å². The Morgan fingerprint density at radius 2 is 2.10 bits per heavy atom. The molecule has 0 unspecified atom stereocenters. The molecular formula is C11H9ClF2N2O4S. The summed E-state index contributed by atoms with van der Waals surface area (Å²) in [6.45, 7) is -0.654. The van der Waals surface area contributed by atoms with Gasteiger partial charge in [-0.05, 0) is 6.07 Å². The summed E-state index contributed by atoms with van der Waals surface area (Å²) in [7, 11) is 0.593. The van der Waals surface area contributed by atoms with E-state index < -0.39 is 43.8 Å². The maximum Gasteiger partial charge on any atom is 0.265 e. The summed E-state index contributed by atoms with van der Waals surface area (Å²) < 4.78 is 53.7. The molecule has 1 N–H and O–H groups in total. The van der Waals surface area contributed by atoms with Crippen LogP contribution in [0.2, 0.25) is 0 Å². The lowest BCUT2D eigenvalue weighted by atomic mass is 10.3. The number of carbonyl (C=O) groups is 1. The van der Waals surface area contributed by atoms with Crippen LogP contribution in [-0.2, 0) is 13.8 Å². The molecular weight excluding hydrogens is 330 g/mol. The second kappa shape index (κ2) is 7.19. The summed E-state index contributed by atoms with van der Waals surface area (Å²) in [6.07, 6.45) is 0.0674. The van der Waals surface area contributed by atoms with Crippen LogP contribution in [0.4, 0.5) is 8.78 Å². The molecule has 0 heterocycles. The Hall–Kier alpha value is -1.92. The number of nitrogens with one attached hydrogen (secondary N) is 1. The Balaban J connectivity index is 2.89. The molecule has 0 saturated heterocycles. The van der Waals surface area contributed by atoms with Crippen LogP contribution in [0.1, 0.15) is 6.42 Å². The van der Waals surface area contributed by atoms with Crippen LogP contribution in [0.5, 0.6) is 5.75 Å². The van der Waals surface area contributed by atoms with Crippen molar-refractivity contribution in [2.75, 3.05) is 13.2 Å². The zero-order valence-corrected chi connectivity index (χ0v) is 12.0. The molecule has 0 aliphatic carbocycles. The summed E-state index contributed by atoms with van der Waals surface area (Å²) in [5.41, 5.74) is 0. The van der Waals surface area contributed by atoms with Crippen molar-refractivity contribution in [3.8, 4) is 11.8 Å². The lowest BCUT2D eigenvalue weighted by Gasteiger charge is -2.10. The van der Waals surface area contributed by atoms with Gasteiger partial charge in [0.05, 0.1) is 12.5 Å². The number of nitriles is 1. The molecule has 0 radical (unpaired) electrons. The number of hydrogen-bond donors (Lipinski definition) is 1. The molecule has 0 aliphatic heterocycles. The van der Waals surface area contributed by atoms with Gasteiger partial charge in [0.15, 0.2) is 18.2 Å². The van der Waals surface area contributed by atoms with Crippen LogP contribution >= 0.6 is 10.7 Å². The molecule has 114 valence electrons. The maximum atomic E-state index is 13.5. The fraction of sp³-hybridized carbons (Fsp3) is 0.273. The van der Waals surface area contributed by atoms with Gasteiger partial charge in [-0.2, -0.15) is 5.26 Å². The lowest BCUT2D eigenvalue weighted by molar-refractivity contribution is -0.123. The second-order valence-corrected chi connectivity index (χ2v) is 6.23. The van der Waals surface area contributed by atoms with E-state index in [0.29, 0.717) is 12.1 Å². The van der Waals surface area contributed by atoms with Gasteiger partial charge in [0.25, 0.3) is 15.0 Å². The molecule has 0 saturated carbocycles. The SMILES string of the molecule is N#CCCNC(=O)COc1c(F)cc(F)cc1S(=O)(=O)Cl. The monoisotopic (exact) mass is 338 g/mol. The first-order chi connectivity index (χ1) is 9.75. The van der Waals surface area contributed by atoms with Crippen LogP contribution < -0.4 is 10.1 Å². The third-order valence-corrected chi connectivity index (χ3v) is 3.47. The minimum absolute atomic E-state index is 0.0608. The number of rotatable bonds is 6. The van der Waals surface area contributed by atoms with E-state index in [-0.39, 0.29) is 13.0 Å². The third-order valence-electron chi connectivity index (χ3n) is 2.14. The summed E-state index contributed by atoms with van der Waals surface area (Å²) in [6, 6.07) is 2.67. The molecule has 0 fully saturated rings. The van der Waals surface area contributed by atoms with E-state index in [0.717, 1.165) is 0 Å². The molecule has 0 spiro atoms. The number of carbonyl (C=O) groups excluding carboxylic acids is 1. The highest BCUT2D eigenvalue weighted by molar-refractivity contribution is 8.13. The molecule has 0 aromatic heterocycles. The highest BCUT2D eigenvalue weighted by Gasteiger charge is 2.23. The Morgan fingerprint density at radius 1 is 1.43 bits per heavy atom. The van der Waals surface area contributed by atoms with E-state index in [1.807, 2.05) is 0 Å². The highest BCUT2D eigenvalue weighted by atomic mass is 35.7. The van der Waals surface area contributed by atoms with Crippen molar-refractivity contribution >= 4 is 25.6 Å². The van der Waals surface area contributed by atoms with Crippen LogP contribution in [0.3, 0.4) is 0 Å². The van der Waals surface area contributed by atoms with Crippen LogP contribution in [0.15, 0.2) is 17.0 Å². The number of nitrogens with zero attached hydrogens (tertiary/aromatic N) is 1. The van der Waals surface area contributed by atoms with E-state index in [1.165, 1.54) is 0 Å². The standard InChI is InChI=1S/C11H9ClF2N2O4S/c12-21(18,19)9-5-7(13)4-8(14)11(9)20-6-10(17)16-3-1-2-15/h4-5H,1,3,6H2,(H,16,17). The Morgan fingerprint density at radius 3 is 2.67 bits per heavy atom. The number of amides is 1. The molecule has 1 amide bonds. The van der Waals surface area contributed by atoms with Gasteiger partial charge in [0.2, 0.25) is 0 Å². The first-order valence-corrected chi connectivity index (χ1v) is 7.76. The van der Waals surface area contributed by atoms with Gasteiger partial charge in [-0.3, -0.25) is 4.79 Å². The summed E-state index contributed by atoms with van der Waals surface area (Å²) >= 11 is 0. The Labute approximate surface area is 123 Å². The highest BCUT2D eigenvalue weighted by Crippen LogP contribution is 2.30. The second-order valence-electron chi connectivity index (χ2n) is 3.70. The quantitative estimate of drug-likeness (QED) is 0.623. The number of hydrogen-bond acceptors (Lipinski definition) is 5. The molecule has 1 rings (SSSR count). The van der Waals surface area contributed by atoms with Gasteiger partial charge in [-0.1, -0.05) is 0 Å².